The Bertz CT molecular complexity index is 487. The summed E-state index contributed by atoms with van der Waals surface area (Å²) in [5.41, 5.74) is 7.90. The number of nitrogens with zero attached hydrogens (tertiary/aromatic N) is 1. The van der Waals surface area contributed by atoms with Crippen LogP contribution in [-0.2, 0) is 4.79 Å². The van der Waals surface area contributed by atoms with Gasteiger partial charge in [-0.05, 0) is 24.6 Å². The van der Waals surface area contributed by atoms with Gasteiger partial charge in [-0.15, -0.1) is 0 Å². The predicted molar refractivity (Wildman–Crippen MR) is 69.2 cm³/mol. The quantitative estimate of drug-likeness (QED) is 0.682. The van der Waals surface area contributed by atoms with E-state index in [1.54, 1.807) is 18.2 Å². The Morgan fingerprint density at radius 2 is 2.33 bits per heavy atom. The first kappa shape index (κ1) is 12.2. The van der Waals surface area contributed by atoms with Crippen molar-refractivity contribution in [1.82, 2.24) is 10.2 Å². The van der Waals surface area contributed by atoms with Crippen LogP contribution in [0.25, 0.3) is 0 Å². The molecule has 6 nitrogen and oxygen atoms in total. The van der Waals surface area contributed by atoms with Crippen LogP contribution >= 0.6 is 0 Å². The molecule has 6 heteroatoms. The highest BCUT2D eigenvalue weighted by Gasteiger charge is 2.21. The van der Waals surface area contributed by atoms with Crippen LogP contribution < -0.4 is 16.4 Å². The molecule has 1 saturated heterocycles. The van der Waals surface area contributed by atoms with E-state index in [0.29, 0.717) is 24.5 Å². The molecular formula is C12H16N4O2. The summed E-state index contributed by atoms with van der Waals surface area (Å²) in [4.78, 5) is 24.6. The lowest BCUT2D eigenvalue weighted by atomic mass is 10.1. The lowest BCUT2D eigenvalue weighted by Crippen LogP contribution is -2.35. The van der Waals surface area contributed by atoms with E-state index in [4.69, 9.17) is 5.73 Å². The van der Waals surface area contributed by atoms with E-state index in [2.05, 4.69) is 10.6 Å². The number of benzene rings is 1. The first-order chi connectivity index (χ1) is 8.58. The number of anilines is 2. The van der Waals surface area contributed by atoms with Crippen molar-refractivity contribution < 1.29 is 9.59 Å². The Kier molecular flexibility index (Phi) is 3.36. The molecule has 96 valence electrons. The molecule has 3 amide bonds. The number of nitrogens with two attached hydrogens (primary N) is 1. The molecule has 0 atom stereocenters. The Hall–Kier alpha value is -2.24. The average molecular weight is 248 g/mol. The Labute approximate surface area is 105 Å². The van der Waals surface area contributed by atoms with Gasteiger partial charge >= 0.3 is 6.03 Å². The van der Waals surface area contributed by atoms with E-state index >= 15 is 0 Å². The second-order valence-electron chi connectivity index (χ2n) is 4.22. The molecule has 0 saturated carbocycles. The first-order valence-electron chi connectivity index (χ1n) is 5.75. The maximum Gasteiger partial charge on any atom is 0.317 e. The highest BCUT2D eigenvalue weighted by atomic mass is 16.2. The van der Waals surface area contributed by atoms with Gasteiger partial charge in [0.15, 0.2) is 0 Å². The summed E-state index contributed by atoms with van der Waals surface area (Å²) in [6, 6.07) is 5.14. The van der Waals surface area contributed by atoms with Gasteiger partial charge in [0.1, 0.15) is 6.54 Å². The normalized spacial score (nSPS) is 14.5. The van der Waals surface area contributed by atoms with Crippen LogP contribution in [0.15, 0.2) is 18.2 Å². The second kappa shape index (κ2) is 4.95. The first-order valence-corrected chi connectivity index (χ1v) is 5.75. The van der Waals surface area contributed by atoms with Crippen molar-refractivity contribution in [1.29, 1.82) is 0 Å². The predicted octanol–water partition coefficient (Wildman–Crippen LogP) is 0.541. The minimum absolute atomic E-state index is 0.0556. The standard InChI is InChI=1S/C12H16N4O2/c1-8-9(13)3-2-4-10(8)15-11(17)7-16-6-5-14-12(16)18/h2-4H,5-7,13H2,1H3,(H,14,18)(H,15,17). The number of nitrogens with one attached hydrogen (secondary N) is 2. The summed E-state index contributed by atoms with van der Waals surface area (Å²) in [5, 5.41) is 5.40. The average Bonchev–Trinajstić information content (AvgIpc) is 2.71. The van der Waals surface area contributed by atoms with Crippen molar-refractivity contribution in [3.63, 3.8) is 0 Å². The molecule has 1 fully saturated rings. The summed E-state index contributed by atoms with van der Waals surface area (Å²) in [6.07, 6.45) is 0. The topological polar surface area (TPSA) is 87.5 Å². The minimum atomic E-state index is -0.222. The zero-order valence-electron chi connectivity index (χ0n) is 10.2. The van der Waals surface area contributed by atoms with Gasteiger partial charge in [-0.3, -0.25) is 4.79 Å². The van der Waals surface area contributed by atoms with Crippen LogP contribution in [0.5, 0.6) is 0 Å². The van der Waals surface area contributed by atoms with Crippen LogP contribution in [0.1, 0.15) is 5.56 Å². The molecule has 0 radical (unpaired) electrons. The molecule has 4 N–H and O–H groups in total. The van der Waals surface area contributed by atoms with Gasteiger partial charge in [-0.1, -0.05) is 6.07 Å². The largest absolute Gasteiger partial charge is 0.398 e. The van der Waals surface area contributed by atoms with Gasteiger partial charge in [-0.25, -0.2) is 4.79 Å². The van der Waals surface area contributed by atoms with E-state index in [9.17, 15) is 9.59 Å². The third-order valence-corrected chi connectivity index (χ3v) is 2.93. The maximum absolute atomic E-state index is 11.8. The number of carbonyl (C=O) groups excluding carboxylic acids is 2. The number of hydrogen-bond donors (Lipinski definition) is 3. The zero-order chi connectivity index (χ0) is 13.1. The molecule has 1 aliphatic heterocycles. The zero-order valence-corrected chi connectivity index (χ0v) is 10.2. The van der Waals surface area contributed by atoms with Crippen molar-refractivity contribution >= 4 is 23.3 Å². The molecule has 1 aromatic rings. The van der Waals surface area contributed by atoms with Crippen molar-refractivity contribution in [3.8, 4) is 0 Å². The highest BCUT2D eigenvalue weighted by Crippen LogP contribution is 2.20. The Balaban J connectivity index is 1.99. The molecule has 0 spiro atoms. The van der Waals surface area contributed by atoms with E-state index in [0.717, 1.165) is 5.56 Å². The Morgan fingerprint density at radius 3 is 3.00 bits per heavy atom. The molecule has 0 aromatic heterocycles. The number of hydrogen-bond acceptors (Lipinski definition) is 3. The molecular weight excluding hydrogens is 232 g/mol. The van der Waals surface area contributed by atoms with Crippen LogP contribution in [0, 0.1) is 6.92 Å². The van der Waals surface area contributed by atoms with Crippen LogP contribution in [-0.4, -0.2) is 36.5 Å². The van der Waals surface area contributed by atoms with E-state index in [1.807, 2.05) is 6.92 Å². The van der Waals surface area contributed by atoms with Crippen LogP contribution in [0.3, 0.4) is 0 Å². The smallest absolute Gasteiger partial charge is 0.317 e. The molecule has 18 heavy (non-hydrogen) atoms. The van der Waals surface area contributed by atoms with E-state index in [1.165, 1.54) is 4.90 Å². The molecule has 1 heterocycles. The van der Waals surface area contributed by atoms with E-state index in [-0.39, 0.29) is 18.5 Å². The van der Waals surface area contributed by atoms with Crippen molar-refractivity contribution in [2.24, 2.45) is 0 Å². The third kappa shape index (κ3) is 2.53. The van der Waals surface area contributed by atoms with Crippen LogP contribution in [0.2, 0.25) is 0 Å². The monoisotopic (exact) mass is 248 g/mol. The van der Waals surface area contributed by atoms with Gasteiger partial charge in [-0.2, -0.15) is 0 Å². The summed E-state index contributed by atoms with van der Waals surface area (Å²) < 4.78 is 0. The lowest BCUT2D eigenvalue weighted by molar-refractivity contribution is -0.116. The van der Waals surface area contributed by atoms with Crippen LogP contribution in [0.4, 0.5) is 16.2 Å². The van der Waals surface area contributed by atoms with Crippen molar-refractivity contribution in [3.05, 3.63) is 23.8 Å². The van der Waals surface area contributed by atoms with Crippen molar-refractivity contribution in [2.45, 2.75) is 6.92 Å². The fourth-order valence-electron chi connectivity index (χ4n) is 1.81. The molecule has 2 rings (SSSR count). The number of nitrogen functional groups attached to an aromatic ring is 1. The number of rotatable bonds is 3. The highest BCUT2D eigenvalue weighted by molar-refractivity contribution is 5.95. The number of carbonyl (C=O) groups is 2. The fourth-order valence-corrected chi connectivity index (χ4v) is 1.81. The van der Waals surface area contributed by atoms with Gasteiger partial charge in [0.05, 0.1) is 0 Å². The minimum Gasteiger partial charge on any atom is -0.398 e. The third-order valence-electron chi connectivity index (χ3n) is 2.93. The summed E-state index contributed by atoms with van der Waals surface area (Å²) in [7, 11) is 0. The number of amides is 3. The SMILES string of the molecule is Cc1c(N)cccc1NC(=O)CN1CCNC1=O. The van der Waals surface area contributed by atoms with Gasteiger partial charge < -0.3 is 21.3 Å². The summed E-state index contributed by atoms with van der Waals surface area (Å²) >= 11 is 0. The fraction of sp³-hybridized carbons (Fsp3) is 0.333. The van der Waals surface area contributed by atoms with Gasteiger partial charge in [0.25, 0.3) is 0 Å². The second-order valence-corrected chi connectivity index (χ2v) is 4.22. The maximum atomic E-state index is 11.8. The lowest BCUT2D eigenvalue weighted by Gasteiger charge is -2.15. The Morgan fingerprint density at radius 1 is 1.56 bits per heavy atom. The molecule has 0 aliphatic carbocycles. The van der Waals surface area contributed by atoms with Crippen molar-refractivity contribution in [2.75, 3.05) is 30.7 Å². The molecule has 0 bridgehead atoms. The molecule has 0 unspecified atom stereocenters. The summed E-state index contributed by atoms with van der Waals surface area (Å²) in [5.74, 6) is -0.222. The van der Waals surface area contributed by atoms with Gasteiger partial charge in [0, 0.05) is 24.5 Å². The molecule has 1 aromatic carbocycles. The van der Waals surface area contributed by atoms with Gasteiger partial charge in [0.2, 0.25) is 5.91 Å². The molecule has 1 aliphatic rings. The number of urea groups is 1. The summed E-state index contributed by atoms with van der Waals surface area (Å²) in [6.45, 7) is 3.04. The van der Waals surface area contributed by atoms with E-state index < -0.39 is 0 Å².